The van der Waals surface area contributed by atoms with Crippen LogP contribution in [0.2, 0.25) is 0 Å². The molecule has 0 radical (unpaired) electrons. The lowest BCUT2D eigenvalue weighted by Crippen LogP contribution is -2.35. The Balaban J connectivity index is 0.00000115. The number of hydrogen-bond donors (Lipinski definition) is 0. The average molecular weight is 298 g/mol. The molecule has 3 nitrogen and oxygen atoms in total. The van der Waals surface area contributed by atoms with Crippen LogP contribution < -0.4 is 4.90 Å². The molecule has 1 saturated heterocycles. The highest BCUT2D eigenvalue weighted by Gasteiger charge is 2.20. The molecule has 0 amide bonds. The van der Waals surface area contributed by atoms with E-state index >= 15 is 0 Å². The van der Waals surface area contributed by atoms with Gasteiger partial charge in [-0.25, -0.2) is 4.98 Å². The van der Waals surface area contributed by atoms with Gasteiger partial charge in [0.2, 0.25) is 0 Å². The van der Waals surface area contributed by atoms with Gasteiger partial charge in [0, 0.05) is 25.5 Å². The molecule has 0 saturated carbocycles. The first kappa shape index (κ1) is 19.3. The summed E-state index contributed by atoms with van der Waals surface area (Å²) in [6.45, 7) is 9.19. The monoisotopic (exact) mass is 298 g/mol. The number of anilines is 1. The number of hydrogen-bond acceptors (Lipinski definition) is 4. The first-order valence-corrected chi connectivity index (χ1v) is 8.28. The van der Waals surface area contributed by atoms with Gasteiger partial charge in [0.05, 0.1) is 6.61 Å². The third-order valence-electron chi connectivity index (χ3n) is 3.26. The van der Waals surface area contributed by atoms with Crippen LogP contribution in [-0.4, -0.2) is 30.9 Å². The van der Waals surface area contributed by atoms with Gasteiger partial charge in [0.1, 0.15) is 5.82 Å². The molecule has 1 aromatic rings. The van der Waals surface area contributed by atoms with Gasteiger partial charge >= 0.3 is 0 Å². The van der Waals surface area contributed by atoms with Crippen LogP contribution in [0.4, 0.5) is 5.82 Å². The molecule has 2 rings (SSSR count). The van der Waals surface area contributed by atoms with Crippen LogP contribution in [0.3, 0.4) is 0 Å². The maximum absolute atomic E-state index is 5.42. The van der Waals surface area contributed by atoms with Crippen molar-refractivity contribution in [2.75, 3.05) is 30.9 Å². The predicted molar refractivity (Wildman–Crippen MR) is 91.5 cm³/mol. The lowest BCUT2D eigenvalue weighted by molar-refractivity contribution is 0.253. The highest BCUT2D eigenvalue weighted by atomic mass is 32.2. The zero-order valence-corrected chi connectivity index (χ0v) is 13.4. The average Bonchev–Trinajstić information content (AvgIpc) is 2.48. The van der Waals surface area contributed by atoms with Crippen LogP contribution in [0, 0.1) is 12.8 Å². The van der Waals surface area contributed by atoms with Crippen LogP contribution in [-0.2, 0) is 4.18 Å². The van der Waals surface area contributed by atoms with E-state index in [2.05, 4.69) is 22.9 Å². The quantitative estimate of drug-likeness (QED) is 0.761. The van der Waals surface area contributed by atoms with Crippen molar-refractivity contribution in [3.8, 4) is 0 Å². The van der Waals surface area contributed by atoms with Crippen molar-refractivity contribution in [3.63, 3.8) is 0 Å². The summed E-state index contributed by atoms with van der Waals surface area (Å²) in [5, 5.41) is 0. The summed E-state index contributed by atoms with van der Waals surface area (Å²) in [7, 11) is 0. The fourth-order valence-electron chi connectivity index (χ4n) is 2.19. The normalized spacial score (nSPS) is 15.1. The van der Waals surface area contributed by atoms with E-state index in [0.717, 1.165) is 25.5 Å². The first-order chi connectivity index (χ1) is 9.29. The smallest absolute Gasteiger partial charge is 0.128 e. The summed E-state index contributed by atoms with van der Waals surface area (Å²) in [6.07, 6.45) is 6.28. The number of pyridine rings is 1. The molecule has 1 aliphatic rings. The van der Waals surface area contributed by atoms with Gasteiger partial charge in [0.25, 0.3) is 0 Å². The Labute approximate surface area is 129 Å². The van der Waals surface area contributed by atoms with Gasteiger partial charge in [-0.05, 0) is 55.4 Å². The van der Waals surface area contributed by atoms with Gasteiger partial charge in [-0.3, -0.25) is 0 Å². The van der Waals surface area contributed by atoms with E-state index < -0.39 is 0 Å². The topological polar surface area (TPSA) is 25.4 Å². The number of piperidine rings is 1. The molecule has 0 spiro atoms. The Bertz CT molecular complexity index is 352. The Morgan fingerprint density at radius 3 is 2.55 bits per heavy atom. The predicted octanol–water partition coefficient (Wildman–Crippen LogP) is 4.56. The fourth-order valence-corrected chi connectivity index (χ4v) is 2.51. The summed E-state index contributed by atoms with van der Waals surface area (Å²) < 4.78 is 5.42. The molecular formula is C16H30N2OS. The largest absolute Gasteiger partial charge is 0.357 e. The van der Waals surface area contributed by atoms with E-state index in [-0.39, 0.29) is 7.43 Å². The SMILES string of the molecule is C.CC.CSOCC1CCN(c2cc(C)ccn2)CC1. The van der Waals surface area contributed by atoms with Gasteiger partial charge in [-0.15, -0.1) is 0 Å². The van der Waals surface area contributed by atoms with Crippen molar-refractivity contribution in [1.29, 1.82) is 0 Å². The summed E-state index contributed by atoms with van der Waals surface area (Å²) in [6, 6.07) is 4.21. The van der Waals surface area contributed by atoms with Gasteiger partial charge in [0.15, 0.2) is 0 Å². The molecule has 20 heavy (non-hydrogen) atoms. The van der Waals surface area contributed by atoms with E-state index in [1.807, 2.05) is 32.4 Å². The number of rotatable bonds is 4. The van der Waals surface area contributed by atoms with E-state index in [1.165, 1.54) is 30.4 Å². The second-order valence-corrected chi connectivity index (χ2v) is 5.14. The van der Waals surface area contributed by atoms with Crippen molar-refractivity contribution < 1.29 is 4.18 Å². The van der Waals surface area contributed by atoms with Gasteiger partial charge in [-0.1, -0.05) is 21.3 Å². The Hall–Kier alpha value is -0.740. The summed E-state index contributed by atoms with van der Waals surface area (Å²) in [4.78, 5) is 6.82. The first-order valence-electron chi connectivity index (χ1n) is 7.13. The number of aromatic nitrogens is 1. The van der Waals surface area contributed by atoms with Gasteiger partial charge < -0.3 is 9.08 Å². The van der Waals surface area contributed by atoms with Crippen LogP contribution in [0.1, 0.15) is 39.7 Å². The maximum Gasteiger partial charge on any atom is 0.128 e. The Kier molecular flexibility index (Phi) is 10.6. The summed E-state index contributed by atoms with van der Waals surface area (Å²) in [5.74, 6) is 1.83. The molecule has 0 aromatic carbocycles. The molecular weight excluding hydrogens is 268 g/mol. The molecule has 0 unspecified atom stereocenters. The minimum atomic E-state index is 0. The van der Waals surface area contributed by atoms with Gasteiger partial charge in [-0.2, -0.15) is 0 Å². The molecule has 1 aromatic heterocycles. The highest BCUT2D eigenvalue weighted by Crippen LogP contribution is 2.23. The third kappa shape index (κ3) is 6.14. The van der Waals surface area contributed by atoms with E-state index in [0.29, 0.717) is 5.92 Å². The number of aryl methyl sites for hydroxylation is 1. The third-order valence-corrected chi connectivity index (χ3v) is 3.63. The second-order valence-electron chi connectivity index (χ2n) is 4.57. The molecule has 0 bridgehead atoms. The molecule has 116 valence electrons. The Morgan fingerprint density at radius 1 is 1.35 bits per heavy atom. The number of nitrogens with zero attached hydrogens (tertiary/aromatic N) is 2. The van der Waals surface area contributed by atoms with Crippen molar-refractivity contribution in [1.82, 2.24) is 4.98 Å². The molecule has 0 aliphatic carbocycles. The van der Waals surface area contributed by atoms with Crippen molar-refractivity contribution >= 4 is 17.9 Å². The van der Waals surface area contributed by atoms with Crippen molar-refractivity contribution in [2.24, 2.45) is 5.92 Å². The van der Waals surface area contributed by atoms with Crippen molar-refractivity contribution in [3.05, 3.63) is 23.9 Å². The van der Waals surface area contributed by atoms with Crippen LogP contribution >= 0.6 is 12.0 Å². The molecule has 2 heterocycles. The molecule has 1 fully saturated rings. The van der Waals surface area contributed by atoms with Crippen LogP contribution in [0.25, 0.3) is 0 Å². The minimum Gasteiger partial charge on any atom is -0.357 e. The molecule has 1 aliphatic heterocycles. The van der Waals surface area contributed by atoms with Crippen LogP contribution in [0.15, 0.2) is 18.3 Å². The lowest BCUT2D eigenvalue weighted by atomic mass is 9.98. The second kappa shape index (κ2) is 11.0. The minimum absolute atomic E-state index is 0. The molecule has 0 N–H and O–H groups in total. The summed E-state index contributed by atoms with van der Waals surface area (Å²) in [5.41, 5.74) is 1.28. The maximum atomic E-state index is 5.42. The highest BCUT2D eigenvalue weighted by molar-refractivity contribution is 7.93. The standard InChI is InChI=1S/C13H20N2OS.C2H6.CH4/c1-11-3-6-14-13(9-11)15-7-4-12(5-8-15)10-16-17-2;1-2;/h3,6,9,12H,4-5,7-8,10H2,1-2H3;1-2H3;1H4. The van der Waals surface area contributed by atoms with E-state index in [1.54, 1.807) is 0 Å². The van der Waals surface area contributed by atoms with E-state index in [4.69, 9.17) is 4.18 Å². The zero-order chi connectivity index (χ0) is 14.1. The zero-order valence-electron chi connectivity index (χ0n) is 12.6. The lowest BCUT2D eigenvalue weighted by Gasteiger charge is -2.32. The fraction of sp³-hybridized carbons (Fsp3) is 0.688. The van der Waals surface area contributed by atoms with Crippen molar-refractivity contribution in [2.45, 2.75) is 41.0 Å². The Morgan fingerprint density at radius 2 is 2.00 bits per heavy atom. The summed E-state index contributed by atoms with van der Waals surface area (Å²) >= 11 is 1.47. The molecule has 0 atom stereocenters. The van der Waals surface area contributed by atoms with E-state index in [9.17, 15) is 0 Å². The molecule has 4 heteroatoms. The van der Waals surface area contributed by atoms with Crippen LogP contribution in [0.5, 0.6) is 0 Å².